The highest BCUT2D eigenvalue weighted by Gasteiger charge is 2.53. The van der Waals surface area contributed by atoms with Gasteiger partial charge in [-0.25, -0.2) is 18.8 Å². The SMILES string of the molecule is C=C(/N=C(NC1C(C(=C)C)CC2CC21)\C(F)=C/C)c1n[nH]c2ncc(F)cc12. The molecule has 2 heterocycles. The summed E-state index contributed by atoms with van der Waals surface area (Å²) in [6.45, 7) is 11.6. The van der Waals surface area contributed by atoms with Gasteiger partial charge in [0.05, 0.1) is 17.3 Å². The Morgan fingerprint density at radius 1 is 1.39 bits per heavy atom. The largest absolute Gasteiger partial charge is 0.364 e. The number of H-pyrrole nitrogens is 1. The fourth-order valence-electron chi connectivity index (χ4n) is 4.20. The van der Waals surface area contributed by atoms with E-state index in [-0.39, 0.29) is 17.6 Å². The molecule has 2 fully saturated rings. The molecule has 0 spiro atoms. The van der Waals surface area contributed by atoms with Crippen molar-refractivity contribution in [1.82, 2.24) is 20.5 Å². The minimum atomic E-state index is -0.486. The van der Waals surface area contributed by atoms with E-state index in [0.717, 1.165) is 24.6 Å². The number of aliphatic imine (C=N–C) groups is 1. The van der Waals surface area contributed by atoms with Crippen LogP contribution in [0.4, 0.5) is 8.78 Å². The Kier molecular flexibility index (Phi) is 4.61. The average molecular weight is 383 g/mol. The number of aromatic amines is 1. The number of halogens is 2. The number of nitrogens with zero attached hydrogens (tertiary/aromatic N) is 3. The number of pyridine rings is 1. The number of nitrogens with one attached hydrogen (secondary N) is 2. The van der Waals surface area contributed by atoms with E-state index in [4.69, 9.17) is 0 Å². The number of rotatable bonds is 5. The predicted molar refractivity (Wildman–Crippen MR) is 107 cm³/mol. The van der Waals surface area contributed by atoms with E-state index in [1.54, 1.807) is 6.92 Å². The van der Waals surface area contributed by atoms with Crippen LogP contribution in [0.2, 0.25) is 0 Å². The lowest BCUT2D eigenvalue weighted by Crippen LogP contribution is -2.40. The van der Waals surface area contributed by atoms with Gasteiger partial charge in [-0.05, 0) is 50.7 Å². The van der Waals surface area contributed by atoms with Gasteiger partial charge < -0.3 is 5.32 Å². The van der Waals surface area contributed by atoms with Gasteiger partial charge in [0.1, 0.15) is 11.5 Å². The minimum Gasteiger partial charge on any atom is -0.364 e. The Hall–Kier alpha value is -2.83. The third-order valence-electron chi connectivity index (χ3n) is 5.75. The zero-order valence-electron chi connectivity index (χ0n) is 16.0. The highest BCUT2D eigenvalue weighted by atomic mass is 19.1. The minimum absolute atomic E-state index is 0.106. The topological polar surface area (TPSA) is 66.0 Å². The molecule has 0 aromatic carbocycles. The maximum atomic E-state index is 14.6. The summed E-state index contributed by atoms with van der Waals surface area (Å²) >= 11 is 0. The second-order valence-electron chi connectivity index (χ2n) is 7.68. The molecule has 2 saturated carbocycles. The highest BCUT2D eigenvalue weighted by Crippen LogP contribution is 2.56. The Balaban J connectivity index is 1.65. The lowest BCUT2D eigenvalue weighted by molar-refractivity contribution is 0.444. The molecule has 146 valence electrons. The van der Waals surface area contributed by atoms with Crippen LogP contribution in [0.5, 0.6) is 0 Å². The zero-order chi connectivity index (χ0) is 20.0. The molecular weight excluding hydrogens is 360 g/mol. The lowest BCUT2D eigenvalue weighted by Gasteiger charge is -2.25. The van der Waals surface area contributed by atoms with E-state index in [1.165, 1.54) is 12.1 Å². The molecule has 0 radical (unpaired) electrons. The zero-order valence-corrected chi connectivity index (χ0v) is 16.0. The summed E-state index contributed by atoms with van der Waals surface area (Å²) in [7, 11) is 0. The predicted octanol–water partition coefficient (Wildman–Crippen LogP) is 4.53. The van der Waals surface area contributed by atoms with Crippen molar-refractivity contribution >= 4 is 22.6 Å². The van der Waals surface area contributed by atoms with Gasteiger partial charge in [-0.2, -0.15) is 5.10 Å². The third kappa shape index (κ3) is 3.25. The molecule has 0 amide bonds. The highest BCUT2D eigenvalue weighted by molar-refractivity contribution is 6.01. The summed E-state index contributed by atoms with van der Waals surface area (Å²) in [6.07, 6.45) is 4.70. The molecule has 2 aromatic rings. The second-order valence-corrected chi connectivity index (χ2v) is 7.68. The van der Waals surface area contributed by atoms with Gasteiger partial charge in [0, 0.05) is 12.0 Å². The molecule has 5 nitrogen and oxygen atoms in total. The van der Waals surface area contributed by atoms with Crippen molar-refractivity contribution in [3.63, 3.8) is 0 Å². The van der Waals surface area contributed by atoms with Crippen molar-refractivity contribution in [3.05, 3.63) is 54.4 Å². The molecule has 0 aliphatic heterocycles. The molecule has 4 unspecified atom stereocenters. The fraction of sp³-hybridized carbons (Fsp3) is 0.381. The molecule has 0 saturated heterocycles. The first-order valence-corrected chi connectivity index (χ1v) is 9.40. The summed E-state index contributed by atoms with van der Waals surface area (Å²) in [4.78, 5) is 8.33. The van der Waals surface area contributed by atoms with Gasteiger partial charge in [-0.1, -0.05) is 18.7 Å². The number of aromatic nitrogens is 3. The molecule has 28 heavy (non-hydrogen) atoms. The molecule has 2 aliphatic rings. The van der Waals surface area contributed by atoms with E-state index >= 15 is 0 Å². The Bertz CT molecular complexity index is 1020. The van der Waals surface area contributed by atoms with Gasteiger partial charge in [0.2, 0.25) is 0 Å². The quantitative estimate of drug-likeness (QED) is 0.453. The normalized spacial score (nSPS) is 27.0. The first-order valence-electron chi connectivity index (χ1n) is 9.40. The van der Waals surface area contributed by atoms with Crippen molar-refractivity contribution in [2.45, 2.75) is 32.7 Å². The number of hydrogen-bond donors (Lipinski definition) is 2. The first-order chi connectivity index (χ1) is 13.4. The molecular formula is C21H23F2N5. The molecule has 2 aliphatic carbocycles. The Morgan fingerprint density at radius 3 is 2.89 bits per heavy atom. The van der Waals surface area contributed by atoms with Crippen molar-refractivity contribution in [2.75, 3.05) is 0 Å². The van der Waals surface area contributed by atoms with Crippen molar-refractivity contribution < 1.29 is 8.78 Å². The molecule has 0 bridgehead atoms. The second kappa shape index (κ2) is 6.96. The van der Waals surface area contributed by atoms with Gasteiger partial charge in [-0.15, -0.1) is 0 Å². The van der Waals surface area contributed by atoms with Gasteiger partial charge in [-0.3, -0.25) is 5.10 Å². The van der Waals surface area contributed by atoms with Gasteiger partial charge in [0.25, 0.3) is 0 Å². The van der Waals surface area contributed by atoms with Crippen molar-refractivity contribution in [2.24, 2.45) is 22.7 Å². The van der Waals surface area contributed by atoms with E-state index in [1.807, 2.05) is 6.92 Å². The lowest BCUT2D eigenvalue weighted by atomic mass is 9.92. The Morgan fingerprint density at radius 2 is 2.18 bits per heavy atom. The fourth-order valence-corrected chi connectivity index (χ4v) is 4.20. The van der Waals surface area contributed by atoms with Crippen LogP contribution in [-0.4, -0.2) is 27.1 Å². The standard InChI is InChI=1S/C21H23F2N5/c1-5-17(23)21(26-19-14(10(2)3)6-12-7-15(12)19)25-11(4)18-16-8-13(22)9-24-20(16)28-27-18/h5,8-9,12,14-15,19H,2,4,6-7H2,1,3H3,(H,25,26)(H,24,27,28)/b17-5+. The maximum Gasteiger partial charge on any atom is 0.162 e. The average Bonchev–Trinajstić information content (AvgIpc) is 3.16. The maximum absolute atomic E-state index is 14.6. The molecule has 4 rings (SSSR count). The van der Waals surface area contributed by atoms with E-state index in [0.29, 0.717) is 34.5 Å². The molecule has 4 atom stereocenters. The smallest absolute Gasteiger partial charge is 0.162 e. The number of fused-ring (bicyclic) bond motifs is 2. The summed E-state index contributed by atoms with van der Waals surface area (Å²) in [5.74, 6) is 0.680. The van der Waals surface area contributed by atoms with Crippen LogP contribution < -0.4 is 5.32 Å². The van der Waals surface area contributed by atoms with Crippen LogP contribution in [0.1, 0.15) is 32.4 Å². The number of allylic oxidation sites excluding steroid dienone is 1. The van der Waals surface area contributed by atoms with Gasteiger partial charge >= 0.3 is 0 Å². The van der Waals surface area contributed by atoms with Crippen LogP contribution in [0.3, 0.4) is 0 Å². The number of hydrogen-bond acceptors (Lipinski definition) is 3. The summed E-state index contributed by atoms with van der Waals surface area (Å²) in [5.41, 5.74) is 2.10. The van der Waals surface area contributed by atoms with Gasteiger partial charge in [0.15, 0.2) is 17.3 Å². The van der Waals surface area contributed by atoms with E-state index in [9.17, 15) is 8.78 Å². The molecule has 7 heteroatoms. The van der Waals surface area contributed by atoms with Crippen LogP contribution in [0.15, 0.2) is 47.9 Å². The first kappa shape index (κ1) is 18.5. The molecule has 2 N–H and O–H groups in total. The third-order valence-corrected chi connectivity index (χ3v) is 5.75. The summed E-state index contributed by atoms with van der Waals surface area (Å²) in [6, 6.07) is 1.42. The molecule has 2 aromatic heterocycles. The monoisotopic (exact) mass is 383 g/mol. The summed E-state index contributed by atoms with van der Waals surface area (Å²) in [5, 5.41) is 10.6. The van der Waals surface area contributed by atoms with Crippen LogP contribution in [0, 0.1) is 23.6 Å². The number of amidine groups is 1. The van der Waals surface area contributed by atoms with E-state index < -0.39 is 11.6 Å². The van der Waals surface area contributed by atoms with Crippen LogP contribution in [-0.2, 0) is 0 Å². The van der Waals surface area contributed by atoms with E-state index in [2.05, 4.69) is 38.6 Å². The van der Waals surface area contributed by atoms with Crippen LogP contribution in [0.25, 0.3) is 16.7 Å². The Labute approximate surface area is 162 Å². The summed E-state index contributed by atoms with van der Waals surface area (Å²) < 4.78 is 28.2. The van der Waals surface area contributed by atoms with Crippen LogP contribution >= 0.6 is 0 Å². The van der Waals surface area contributed by atoms with Crippen molar-refractivity contribution in [1.29, 1.82) is 0 Å². The van der Waals surface area contributed by atoms with Crippen molar-refractivity contribution in [3.8, 4) is 0 Å².